The second kappa shape index (κ2) is 6.42. The molecule has 4 atom stereocenters. The molecule has 112 valence electrons. The molecule has 1 aromatic carbocycles. The number of carboxylic acid groups (broad SMARTS) is 1. The number of aliphatic hydroxyl groups is 2. The normalized spacial score (nSPS) is 17.0. The third-order valence-corrected chi connectivity index (χ3v) is 2.87. The van der Waals surface area contributed by atoms with Crippen LogP contribution in [0.25, 0.3) is 0 Å². The van der Waals surface area contributed by atoms with Crippen LogP contribution in [0.15, 0.2) is 18.2 Å². The van der Waals surface area contributed by atoms with E-state index in [1.165, 1.54) is 25.1 Å². The maximum Gasteiger partial charge on any atom is 0.308 e. The Balaban J connectivity index is 2.74. The number of rotatable bonds is 6. The van der Waals surface area contributed by atoms with E-state index >= 15 is 0 Å². The van der Waals surface area contributed by atoms with Crippen LogP contribution in [-0.2, 0) is 4.79 Å². The number of benzene rings is 1. The summed E-state index contributed by atoms with van der Waals surface area (Å²) in [5, 5.41) is 37.4. The van der Waals surface area contributed by atoms with E-state index in [0.29, 0.717) is 0 Å². The number of carbonyl (C=O) groups is 1. The number of anilines is 1. The van der Waals surface area contributed by atoms with Crippen molar-refractivity contribution in [2.24, 2.45) is 11.7 Å². The zero-order chi connectivity index (χ0) is 15.4. The number of phenols is 1. The number of phenolic OH excluding ortho intramolecular Hbond substituents is 1. The Morgan fingerprint density at radius 2 is 1.95 bits per heavy atom. The van der Waals surface area contributed by atoms with Crippen LogP contribution >= 0.6 is 0 Å². The first kappa shape index (κ1) is 16.0. The van der Waals surface area contributed by atoms with Crippen molar-refractivity contribution in [2.75, 3.05) is 5.73 Å². The monoisotopic (exact) mass is 286 g/mol. The van der Waals surface area contributed by atoms with Crippen LogP contribution in [0.5, 0.6) is 11.5 Å². The second-order valence-electron chi connectivity index (χ2n) is 4.43. The average molecular weight is 286 g/mol. The molecule has 8 heteroatoms. The van der Waals surface area contributed by atoms with Crippen LogP contribution in [0.2, 0.25) is 0 Å². The first-order chi connectivity index (χ1) is 9.23. The van der Waals surface area contributed by atoms with E-state index in [4.69, 9.17) is 21.3 Å². The highest BCUT2D eigenvalue weighted by Gasteiger charge is 2.32. The van der Waals surface area contributed by atoms with Crippen molar-refractivity contribution < 1.29 is 30.0 Å². The highest BCUT2D eigenvalue weighted by molar-refractivity contribution is 5.70. The van der Waals surface area contributed by atoms with Gasteiger partial charge in [-0.15, -0.1) is 0 Å². The van der Waals surface area contributed by atoms with Crippen LogP contribution in [0.3, 0.4) is 0 Å². The fraction of sp³-hybridized carbons (Fsp3) is 0.417. The number of aliphatic carboxylic acids is 1. The fourth-order valence-electron chi connectivity index (χ4n) is 1.50. The second-order valence-corrected chi connectivity index (χ2v) is 4.43. The summed E-state index contributed by atoms with van der Waals surface area (Å²) in [6.07, 6.45) is -3.15. The minimum atomic E-state index is -1.65. The Bertz CT molecular complexity index is 481. The molecule has 0 saturated carbocycles. The number of ether oxygens (including phenoxy) is 1. The maximum atomic E-state index is 10.7. The zero-order valence-electron chi connectivity index (χ0n) is 10.8. The van der Waals surface area contributed by atoms with Gasteiger partial charge in [-0.3, -0.25) is 4.79 Å². The molecular formula is C12H18N2O6. The van der Waals surface area contributed by atoms with Gasteiger partial charge in [0.1, 0.15) is 11.5 Å². The zero-order valence-corrected chi connectivity index (χ0v) is 10.8. The first-order valence-corrected chi connectivity index (χ1v) is 5.83. The Morgan fingerprint density at radius 1 is 1.35 bits per heavy atom. The Labute approximate surface area is 115 Å². The first-order valence-electron chi connectivity index (χ1n) is 5.83. The lowest BCUT2D eigenvalue weighted by molar-refractivity contribution is -0.148. The topological polar surface area (TPSA) is 159 Å². The minimum Gasteiger partial charge on any atom is -0.508 e. The average Bonchev–Trinajstić information content (AvgIpc) is 2.39. The number of hydrogen-bond donors (Lipinski definition) is 6. The smallest absolute Gasteiger partial charge is 0.308 e. The van der Waals surface area contributed by atoms with Crippen molar-refractivity contribution in [3.8, 4) is 11.5 Å². The fourth-order valence-corrected chi connectivity index (χ4v) is 1.50. The summed E-state index contributed by atoms with van der Waals surface area (Å²) in [7, 11) is 0. The summed E-state index contributed by atoms with van der Waals surface area (Å²) in [6, 6.07) is 2.48. The number of aromatic hydroxyl groups is 1. The van der Waals surface area contributed by atoms with Crippen molar-refractivity contribution >= 4 is 11.7 Å². The quantitative estimate of drug-likeness (QED) is 0.289. The third-order valence-electron chi connectivity index (χ3n) is 2.87. The minimum absolute atomic E-state index is 0.0564. The van der Waals surface area contributed by atoms with Gasteiger partial charge in [-0.1, -0.05) is 0 Å². The van der Waals surface area contributed by atoms with Crippen molar-refractivity contribution in [1.29, 1.82) is 0 Å². The highest BCUT2D eigenvalue weighted by Crippen LogP contribution is 2.26. The molecule has 0 amide bonds. The van der Waals surface area contributed by atoms with E-state index in [2.05, 4.69) is 0 Å². The molecule has 0 fully saturated rings. The van der Waals surface area contributed by atoms with E-state index in [1.54, 1.807) is 0 Å². The van der Waals surface area contributed by atoms with Crippen molar-refractivity contribution in [3.63, 3.8) is 0 Å². The van der Waals surface area contributed by atoms with Crippen LogP contribution in [-0.4, -0.2) is 44.8 Å². The molecular weight excluding hydrogens is 268 g/mol. The Morgan fingerprint density at radius 3 is 2.45 bits per heavy atom. The number of hydrogen-bond acceptors (Lipinski definition) is 7. The molecule has 0 aromatic heterocycles. The number of aliphatic hydroxyl groups excluding tert-OH is 2. The SMILES string of the molecule is CC(C(=O)O)C(O)C(N)C(O)Oc1ccc(O)cc1N. The molecule has 0 spiro atoms. The molecule has 1 aromatic rings. The highest BCUT2D eigenvalue weighted by atomic mass is 16.6. The molecule has 0 aliphatic carbocycles. The van der Waals surface area contributed by atoms with Crippen molar-refractivity contribution in [1.82, 2.24) is 0 Å². The molecule has 8 nitrogen and oxygen atoms in total. The Hall–Kier alpha value is -2.03. The predicted octanol–water partition coefficient (Wildman–Crippen LogP) is -0.919. The largest absolute Gasteiger partial charge is 0.508 e. The van der Waals surface area contributed by atoms with Gasteiger partial charge in [-0.25, -0.2) is 0 Å². The number of nitrogens with two attached hydrogens (primary N) is 2. The third kappa shape index (κ3) is 3.73. The van der Waals surface area contributed by atoms with Crippen LogP contribution < -0.4 is 16.2 Å². The van der Waals surface area contributed by atoms with E-state index < -0.39 is 30.3 Å². The number of carboxylic acids is 1. The van der Waals surface area contributed by atoms with Gasteiger partial charge in [0.05, 0.1) is 23.8 Å². The molecule has 0 aliphatic heterocycles. The van der Waals surface area contributed by atoms with Gasteiger partial charge in [-0.05, 0) is 19.1 Å². The molecule has 0 aliphatic rings. The summed E-state index contributed by atoms with van der Waals surface area (Å²) in [6.45, 7) is 1.26. The molecule has 1 rings (SSSR count). The van der Waals surface area contributed by atoms with Crippen LogP contribution in [0, 0.1) is 5.92 Å². The molecule has 8 N–H and O–H groups in total. The van der Waals surface area contributed by atoms with E-state index in [-0.39, 0.29) is 17.2 Å². The molecule has 0 saturated heterocycles. The van der Waals surface area contributed by atoms with Gasteiger partial charge in [0.2, 0.25) is 6.29 Å². The standard InChI is InChI=1S/C12H18N2O6/c1-5(11(17)18)10(16)9(14)12(19)20-8-3-2-6(15)4-7(8)13/h2-5,9-10,12,15-16,19H,13-14H2,1H3,(H,17,18). The van der Waals surface area contributed by atoms with Crippen molar-refractivity contribution in [2.45, 2.75) is 25.4 Å². The van der Waals surface area contributed by atoms with Gasteiger partial charge < -0.3 is 36.6 Å². The summed E-state index contributed by atoms with van der Waals surface area (Å²) >= 11 is 0. The van der Waals surface area contributed by atoms with E-state index in [9.17, 15) is 20.1 Å². The lowest BCUT2D eigenvalue weighted by Gasteiger charge is -2.26. The molecule has 0 heterocycles. The summed E-state index contributed by atoms with van der Waals surface area (Å²) in [5.41, 5.74) is 11.2. The Kier molecular flexibility index (Phi) is 5.14. The van der Waals surface area contributed by atoms with Crippen molar-refractivity contribution in [3.05, 3.63) is 18.2 Å². The maximum absolute atomic E-state index is 10.7. The summed E-state index contributed by atoms with van der Waals surface area (Å²) < 4.78 is 5.05. The lowest BCUT2D eigenvalue weighted by atomic mass is 9.98. The van der Waals surface area contributed by atoms with Gasteiger partial charge in [0, 0.05) is 6.07 Å². The number of nitrogen functional groups attached to an aromatic ring is 1. The van der Waals surface area contributed by atoms with Crippen LogP contribution in [0.4, 0.5) is 5.69 Å². The molecule has 0 bridgehead atoms. The van der Waals surface area contributed by atoms with Gasteiger partial charge >= 0.3 is 5.97 Å². The van der Waals surface area contributed by atoms with Crippen LogP contribution in [0.1, 0.15) is 6.92 Å². The van der Waals surface area contributed by atoms with E-state index in [0.717, 1.165) is 0 Å². The van der Waals surface area contributed by atoms with Gasteiger partial charge in [-0.2, -0.15) is 0 Å². The lowest BCUT2D eigenvalue weighted by Crippen LogP contribution is -2.51. The summed E-state index contributed by atoms with van der Waals surface area (Å²) in [5.74, 6) is -2.43. The predicted molar refractivity (Wildman–Crippen MR) is 69.9 cm³/mol. The van der Waals surface area contributed by atoms with Gasteiger partial charge in [0.25, 0.3) is 0 Å². The molecule has 4 unspecified atom stereocenters. The summed E-state index contributed by atoms with van der Waals surface area (Å²) in [4.78, 5) is 10.7. The molecule has 0 radical (unpaired) electrons. The van der Waals surface area contributed by atoms with Gasteiger partial charge in [0.15, 0.2) is 0 Å². The van der Waals surface area contributed by atoms with E-state index in [1.807, 2.05) is 0 Å². The molecule has 20 heavy (non-hydrogen) atoms.